The minimum atomic E-state index is -1.03. The number of aromatic carboxylic acids is 1. The molecule has 0 aliphatic heterocycles. The number of imidazole rings is 2. The number of hydrogen-bond donors (Lipinski definition) is 1. The zero-order valence-electron chi connectivity index (χ0n) is 11.3. The molecule has 0 radical (unpaired) electrons. The zero-order chi connectivity index (χ0) is 14.4. The molecular weight excluding hydrogens is 268 g/mol. The minimum Gasteiger partial charge on any atom is -0.476 e. The van der Waals surface area contributed by atoms with Crippen molar-refractivity contribution in [1.82, 2.24) is 18.9 Å². The number of carboxylic acids is 1. The number of pyridine rings is 1. The van der Waals surface area contributed by atoms with Crippen LogP contribution in [0.25, 0.3) is 17.0 Å². The first-order valence-corrected chi connectivity index (χ1v) is 6.95. The standard InChI is InChI=1S/C15H14N4O2/c20-15(21)13-12-3-1-2-6-19(12)14(17-13)11-8-18(9-16-11)7-10-4-5-10/h1-3,6,8-10H,4-5,7H2,(H,20,21). The van der Waals surface area contributed by atoms with E-state index >= 15 is 0 Å². The second-order valence-corrected chi connectivity index (χ2v) is 5.44. The van der Waals surface area contributed by atoms with Gasteiger partial charge in [0, 0.05) is 18.9 Å². The zero-order valence-corrected chi connectivity index (χ0v) is 11.3. The molecule has 106 valence electrons. The quantitative estimate of drug-likeness (QED) is 0.797. The van der Waals surface area contributed by atoms with Gasteiger partial charge in [0.2, 0.25) is 0 Å². The van der Waals surface area contributed by atoms with Crippen LogP contribution in [0.3, 0.4) is 0 Å². The Labute approximate surface area is 120 Å². The Bertz CT molecular complexity index is 829. The topological polar surface area (TPSA) is 72.4 Å². The summed E-state index contributed by atoms with van der Waals surface area (Å²) in [6.07, 6.45) is 8.10. The van der Waals surface area contributed by atoms with Gasteiger partial charge in [-0.3, -0.25) is 4.40 Å². The summed E-state index contributed by atoms with van der Waals surface area (Å²) >= 11 is 0. The lowest BCUT2D eigenvalue weighted by Crippen LogP contribution is -1.97. The summed E-state index contributed by atoms with van der Waals surface area (Å²) in [5.74, 6) is 0.304. The van der Waals surface area contributed by atoms with E-state index in [9.17, 15) is 9.90 Å². The molecule has 0 aromatic carbocycles. The van der Waals surface area contributed by atoms with Crippen molar-refractivity contribution in [3.05, 3.63) is 42.6 Å². The maximum atomic E-state index is 11.3. The van der Waals surface area contributed by atoms with Crippen molar-refractivity contribution < 1.29 is 9.90 Å². The van der Waals surface area contributed by atoms with Gasteiger partial charge in [-0.05, 0) is 30.9 Å². The lowest BCUT2D eigenvalue weighted by molar-refractivity contribution is 0.0693. The normalized spacial score (nSPS) is 14.7. The van der Waals surface area contributed by atoms with Crippen LogP contribution in [0.2, 0.25) is 0 Å². The maximum Gasteiger partial charge on any atom is 0.356 e. The van der Waals surface area contributed by atoms with Crippen molar-refractivity contribution in [1.29, 1.82) is 0 Å². The second kappa shape index (κ2) is 4.44. The average Bonchev–Trinajstić information content (AvgIpc) is 3.02. The van der Waals surface area contributed by atoms with Gasteiger partial charge in [-0.15, -0.1) is 0 Å². The highest BCUT2D eigenvalue weighted by Crippen LogP contribution is 2.31. The van der Waals surface area contributed by atoms with Crippen LogP contribution < -0.4 is 0 Å². The van der Waals surface area contributed by atoms with E-state index in [1.165, 1.54) is 12.8 Å². The summed E-state index contributed by atoms with van der Waals surface area (Å²) < 4.78 is 3.82. The Morgan fingerprint density at radius 3 is 3.00 bits per heavy atom. The van der Waals surface area contributed by atoms with Gasteiger partial charge in [-0.1, -0.05) is 6.07 Å². The second-order valence-electron chi connectivity index (χ2n) is 5.44. The molecule has 0 bridgehead atoms. The molecule has 6 nitrogen and oxygen atoms in total. The number of aromatic nitrogens is 4. The van der Waals surface area contributed by atoms with Gasteiger partial charge in [0.05, 0.1) is 11.8 Å². The number of rotatable bonds is 4. The first-order valence-electron chi connectivity index (χ1n) is 6.95. The molecule has 1 saturated carbocycles. The van der Waals surface area contributed by atoms with Crippen LogP contribution in [-0.2, 0) is 6.54 Å². The van der Waals surface area contributed by atoms with Crippen LogP contribution in [0.4, 0.5) is 0 Å². The summed E-state index contributed by atoms with van der Waals surface area (Å²) in [4.78, 5) is 19.9. The fraction of sp³-hybridized carbons (Fsp3) is 0.267. The smallest absolute Gasteiger partial charge is 0.356 e. The lowest BCUT2D eigenvalue weighted by Gasteiger charge is -1.98. The summed E-state index contributed by atoms with van der Waals surface area (Å²) in [6.45, 7) is 0.974. The fourth-order valence-corrected chi connectivity index (χ4v) is 2.55. The predicted molar refractivity (Wildman–Crippen MR) is 76.1 cm³/mol. The molecule has 0 atom stereocenters. The van der Waals surface area contributed by atoms with Crippen molar-refractivity contribution in [2.75, 3.05) is 0 Å². The Morgan fingerprint density at radius 1 is 1.38 bits per heavy atom. The molecule has 1 fully saturated rings. The highest BCUT2D eigenvalue weighted by molar-refractivity contribution is 5.94. The van der Waals surface area contributed by atoms with Crippen LogP contribution >= 0.6 is 0 Å². The van der Waals surface area contributed by atoms with Gasteiger partial charge < -0.3 is 9.67 Å². The van der Waals surface area contributed by atoms with E-state index in [0.717, 1.165) is 12.5 Å². The molecule has 0 saturated heterocycles. The average molecular weight is 282 g/mol. The van der Waals surface area contributed by atoms with E-state index in [2.05, 4.69) is 14.5 Å². The molecule has 21 heavy (non-hydrogen) atoms. The van der Waals surface area contributed by atoms with E-state index in [1.54, 1.807) is 22.9 Å². The molecule has 3 aromatic heterocycles. The Balaban J connectivity index is 1.81. The minimum absolute atomic E-state index is 0.0577. The van der Waals surface area contributed by atoms with Crippen LogP contribution in [0.15, 0.2) is 36.9 Å². The fourth-order valence-electron chi connectivity index (χ4n) is 2.55. The highest BCUT2D eigenvalue weighted by Gasteiger charge is 2.23. The molecule has 4 rings (SSSR count). The summed E-state index contributed by atoms with van der Waals surface area (Å²) in [5.41, 5.74) is 1.34. The maximum absolute atomic E-state index is 11.3. The predicted octanol–water partition coefficient (Wildman–Crippen LogP) is 2.31. The van der Waals surface area contributed by atoms with E-state index in [0.29, 0.717) is 17.0 Å². The largest absolute Gasteiger partial charge is 0.476 e. The van der Waals surface area contributed by atoms with E-state index in [4.69, 9.17) is 0 Å². The van der Waals surface area contributed by atoms with Crippen LogP contribution in [0.5, 0.6) is 0 Å². The number of fused-ring (bicyclic) bond motifs is 1. The molecule has 1 N–H and O–H groups in total. The first kappa shape index (κ1) is 12.1. The van der Waals surface area contributed by atoms with Crippen molar-refractivity contribution in [2.45, 2.75) is 19.4 Å². The molecule has 3 aromatic rings. The Hall–Kier alpha value is -2.63. The van der Waals surface area contributed by atoms with Gasteiger partial charge in [-0.25, -0.2) is 14.8 Å². The SMILES string of the molecule is O=C(O)c1nc(-c2cn(CC3CC3)cn2)n2ccccc12. The van der Waals surface area contributed by atoms with E-state index < -0.39 is 5.97 Å². The molecule has 0 unspecified atom stereocenters. The number of carbonyl (C=O) groups is 1. The molecule has 1 aliphatic carbocycles. The summed E-state index contributed by atoms with van der Waals surface area (Å²) in [7, 11) is 0. The van der Waals surface area contributed by atoms with Gasteiger partial charge in [0.25, 0.3) is 0 Å². The first-order chi connectivity index (χ1) is 10.2. The third kappa shape index (κ3) is 2.08. The number of carboxylic acid groups (broad SMARTS) is 1. The number of hydrogen-bond acceptors (Lipinski definition) is 3. The van der Waals surface area contributed by atoms with Crippen LogP contribution in [0, 0.1) is 5.92 Å². The molecule has 0 spiro atoms. The molecule has 6 heteroatoms. The molecule has 1 aliphatic rings. The Kier molecular flexibility index (Phi) is 2.57. The van der Waals surface area contributed by atoms with Gasteiger partial charge >= 0.3 is 5.97 Å². The third-order valence-electron chi connectivity index (χ3n) is 3.78. The molecule has 0 amide bonds. The van der Waals surface area contributed by atoms with Crippen molar-refractivity contribution in [3.63, 3.8) is 0 Å². The lowest BCUT2D eigenvalue weighted by atomic mass is 10.3. The Morgan fingerprint density at radius 2 is 2.24 bits per heavy atom. The monoisotopic (exact) mass is 282 g/mol. The van der Waals surface area contributed by atoms with Crippen LogP contribution in [-0.4, -0.2) is 30.0 Å². The van der Waals surface area contributed by atoms with E-state index in [1.807, 2.05) is 18.5 Å². The van der Waals surface area contributed by atoms with Crippen molar-refractivity contribution in [2.24, 2.45) is 5.92 Å². The van der Waals surface area contributed by atoms with Crippen molar-refractivity contribution >= 4 is 11.5 Å². The summed E-state index contributed by atoms with van der Waals surface area (Å²) in [6, 6.07) is 5.41. The van der Waals surface area contributed by atoms with Crippen LogP contribution in [0.1, 0.15) is 23.3 Å². The molecule has 3 heterocycles. The third-order valence-corrected chi connectivity index (χ3v) is 3.78. The summed E-state index contributed by atoms with van der Waals surface area (Å²) in [5, 5.41) is 9.27. The molecular formula is C15H14N4O2. The van der Waals surface area contributed by atoms with E-state index in [-0.39, 0.29) is 5.69 Å². The number of nitrogens with zero attached hydrogens (tertiary/aromatic N) is 4. The van der Waals surface area contributed by atoms with Gasteiger partial charge in [-0.2, -0.15) is 0 Å². The van der Waals surface area contributed by atoms with Gasteiger partial charge in [0.15, 0.2) is 11.5 Å². The van der Waals surface area contributed by atoms with Crippen molar-refractivity contribution in [3.8, 4) is 11.5 Å². The van der Waals surface area contributed by atoms with Gasteiger partial charge in [0.1, 0.15) is 5.69 Å². The highest BCUT2D eigenvalue weighted by atomic mass is 16.4.